The van der Waals surface area contributed by atoms with Crippen molar-refractivity contribution < 1.29 is 0 Å². The van der Waals surface area contributed by atoms with Crippen molar-refractivity contribution in [1.82, 2.24) is 14.5 Å². The van der Waals surface area contributed by atoms with E-state index in [1.54, 1.807) is 0 Å². The molecule has 170 valence electrons. The van der Waals surface area contributed by atoms with E-state index in [1.165, 1.54) is 16.3 Å². The highest BCUT2D eigenvalue weighted by atomic mass is 35.5. The maximum Gasteiger partial charge on any atom is 0.156 e. The van der Waals surface area contributed by atoms with Gasteiger partial charge < -0.3 is 4.57 Å². The monoisotopic (exact) mass is 481 g/mol. The number of rotatable bonds is 3. The van der Waals surface area contributed by atoms with Crippen LogP contribution in [0.5, 0.6) is 0 Å². The van der Waals surface area contributed by atoms with Crippen molar-refractivity contribution in [1.29, 1.82) is 0 Å². The van der Waals surface area contributed by atoms with Crippen LogP contribution in [-0.4, -0.2) is 14.5 Å². The van der Waals surface area contributed by atoms with Gasteiger partial charge in [-0.3, -0.25) is 0 Å². The maximum absolute atomic E-state index is 6.74. The normalized spacial score (nSPS) is 11.5. The molecule has 5 aromatic carbocycles. The van der Waals surface area contributed by atoms with Crippen molar-refractivity contribution >= 4 is 44.4 Å². The minimum absolute atomic E-state index is 0.398. The number of para-hydroxylation sites is 2. The van der Waals surface area contributed by atoms with Crippen LogP contribution in [0.25, 0.3) is 60.9 Å². The number of nitrogens with zero attached hydrogens (tertiary/aromatic N) is 3. The van der Waals surface area contributed by atoms with Crippen LogP contribution in [0.3, 0.4) is 0 Å². The molecule has 36 heavy (non-hydrogen) atoms. The number of hydrogen-bond donors (Lipinski definition) is 0. The van der Waals surface area contributed by atoms with E-state index in [0.717, 1.165) is 38.9 Å². The summed E-state index contributed by atoms with van der Waals surface area (Å²) in [5, 5.41) is 2.80. The van der Waals surface area contributed by atoms with Crippen molar-refractivity contribution in [3.8, 4) is 28.1 Å². The summed E-state index contributed by atoms with van der Waals surface area (Å²) >= 11 is 6.74. The van der Waals surface area contributed by atoms with Gasteiger partial charge in [0, 0.05) is 22.0 Å². The first-order chi connectivity index (χ1) is 17.8. The Kier molecular flexibility index (Phi) is 4.83. The molecule has 0 saturated carbocycles. The summed E-state index contributed by atoms with van der Waals surface area (Å²) < 4.78 is 2.29. The second kappa shape index (κ2) is 8.33. The first kappa shape index (κ1) is 20.9. The molecule has 0 amide bonds. The van der Waals surface area contributed by atoms with Crippen molar-refractivity contribution in [3.63, 3.8) is 0 Å². The standard InChI is InChI=1S/C32H20ClN3/c33-32-31(34-27-18-16-22(19-28(27)35-32)21-9-3-1-4-10-21)23-15-17-26-25-13-7-8-14-29(25)36(30(26)20-23)24-11-5-2-6-12-24/h1-20H. The lowest BCUT2D eigenvalue weighted by Gasteiger charge is -2.10. The summed E-state index contributed by atoms with van der Waals surface area (Å²) in [4.78, 5) is 9.68. The molecule has 0 unspecified atom stereocenters. The summed E-state index contributed by atoms with van der Waals surface area (Å²) in [7, 11) is 0. The number of halogens is 1. The van der Waals surface area contributed by atoms with E-state index in [2.05, 4.69) is 89.5 Å². The van der Waals surface area contributed by atoms with Gasteiger partial charge in [0.15, 0.2) is 5.15 Å². The molecule has 3 nitrogen and oxygen atoms in total. The lowest BCUT2D eigenvalue weighted by atomic mass is 10.0. The van der Waals surface area contributed by atoms with Gasteiger partial charge in [-0.15, -0.1) is 0 Å². The van der Waals surface area contributed by atoms with Gasteiger partial charge in [0.25, 0.3) is 0 Å². The zero-order chi connectivity index (χ0) is 24.1. The third-order valence-electron chi connectivity index (χ3n) is 6.69. The smallest absolute Gasteiger partial charge is 0.156 e. The highest BCUT2D eigenvalue weighted by molar-refractivity contribution is 6.32. The fourth-order valence-corrected chi connectivity index (χ4v) is 5.24. The van der Waals surface area contributed by atoms with Crippen molar-refractivity contribution in [2.45, 2.75) is 0 Å². The molecule has 0 aliphatic rings. The highest BCUT2D eigenvalue weighted by Crippen LogP contribution is 2.36. The van der Waals surface area contributed by atoms with Crippen LogP contribution in [0.15, 0.2) is 121 Å². The summed E-state index contributed by atoms with van der Waals surface area (Å²) in [5.41, 5.74) is 8.85. The largest absolute Gasteiger partial charge is 0.309 e. The van der Waals surface area contributed by atoms with Gasteiger partial charge in [-0.25, -0.2) is 9.97 Å². The minimum Gasteiger partial charge on any atom is -0.309 e. The molecule has 0 aliphatic heterocycles. The van der Waals surface area contributed by atoms with Gasteiger partial charge >= 0.3 is 0 Å². The minimum atomic E-state index is 0.398. The predicted octanol–water partition coefficient (Wildman–Crippen LogP) is 8.71. The van der Waals surface area contributed by atoms with Crippen LogP contribution < -0.4 is 0 Å². The fourth-order valence-electron chi connectivity index (χ4n) is 5.00. The van der Waals surface area contributed by atoms with Crippen LogP contribution in [-0.2, 0) is 0 Å². The van der Waals surface area contributed by atoms with Crippen LogP contribution in [0.4, 0.5) is 0 Å². The van der Waals surface area contributed by atoms with Crippen LogP contribution in [0.2, 0.25) is 5.15 Å². The third kappa shape index (κ3) is 3.36. The van der Waals surface area contributed by atoms with E-state index in [9.17, 15) is 0 Å². The average Bonchev–Trinajstić information content (AvgIpc) is 3.27. The van der Waals surface area contributed by atoms with E-state index in [1.807, 2.05) is 36.4 Å². The third-order valence-corrected chi connectivity index (χ3v) is 6.95. The molecule has 0 bridgehead atoms. The first-order valence-corrected chi connectivity index (χ1v) is 12.3. The van der Waals surface area contributed by atoms with Crippen molar-refractivity contribution in [2.24, 2.45) is 0 Å². The Hall–Kier alpha value is -4.47. The Bertz CT molecular complexity index is 1890. The summed E-state index contributed by atoms with van der Waals surface area (Å²) in [5.74, 6) is 0. The Morgan fingerprint density at radius 1 is 0.500 bits per heavy atom. The highest BCUT2D eigenvalue weighted by Gasteiger charge is 2.16. The van der Waals surface area contributed by atoms with E-state index < -0.39 is 0 Å². The van der Waals surface area contributed by atoms with Gasteiger partial charge in [-0.1, -0.05) is 96.5 Å². The fraction of sp³-hybridized carbons (Fsp3) is 0. The molecular weight excluding hydrogens is 462 g/mol. The molecule has 0 atom stereocenters. The molecule has 2 heterocycles. The van der Waals surface area contributed by atoms with Crippen LogP contribution >= 0.6 is 11.6 Å². The summed E-state index contributed by atoms with van der Waals surface area (Å²) in [6.07, 6.45) is 0. The Balaban J connectivity index is 1.42. The predicted molar refractivity (Wildman–Crippen MR) is 150 cm³/mol. The molecule has 0 fully saturated rings. The topological polar surface area (TPSA) is 30.7 Å². The SMILES string of the molecule is Clc1nc2cc(-c3ccccc3)ccc2nc1-c1ccc2c3ccccc3n(-c3ccccc3)c2c1. The van der Waals surface area contributed by atoms with Crippen LogP contribution in [0, 0.1) is 0 Å². The van der Waals surface area contributed by atoms with Gasteiger partial charge in [0.05, 0.1) is 22.1 Å². The zero-order valence-electron chi connectivity index (χ0n) is 19.3. The zero-order valence-corrected chi connectivity index (χ0v) is 20.0. The van der Waals surface area contributed by atoms with Gasteiger partial charge in [-0.2, -0.15) is 0 Å². The molecule has 0 saturated heterocycles. The average molecular weight is 482 g/mol. The Morgan fingerprint density at radius 3 is 2.03 bits per heavy atom. The van der Waals surface area contributed by atoms with Crippen molar-refractivity contribution in [3.05, 3.63) is 126 Å². The second-order valence-corrected chi connectivity index (χ2v) is 9.21. The van der Waals surface area contributed by atoms with Gasteiger partial charge in [0.2, 0.25) is 0 Å². The second-order valence-electron chi connectivity index (χ2n) is 8.85. The summed E-state index contributed by atoms with van der Waals surface area (Å²) in [6, 6.07) is 41.7. The quantitative estimate of drug-likeness (QED) is 0.252. The number of hydrogen-bond acceptors (Lipinski definition) is 2. The lowest BCUT2D eigenvalue weighted by molar-refractivity contribution is 1.18. The molecule has 7 aromatic rings. The van der Waals surface area contributed by atoms with E-state index in [-0.39, 0.29) is 0 Å². The molecule has 4 heteroatoms. The van der Waals surface area contributed by atoms with E-state index in [0.29, 0.717) is 10.8 Å². The van der Waals surface area contributed by atoms with Crippen LogP contribution in [0.1, 0.15) is 0 Å². The molecule has 7 rings (SSSR count). The van der Waals surface area contributed by atoms with Gasteiger partial charge in [0.1, 0.15) is 5.69 Å². The number of aromatic nitrogens is 3. The Labute approximate surface area is 213 Å². The van der Waals surface area contributed by atoms with E-state index in [4.69, 9.17) is 21.6 Å². The molecule has 0 spiro atoms. The van der Waals surface area contributed by atoms with E-state index >= 15 is 0 Å². The molecule has 0 N–H and O–H groups in total. The molecular formula is C32H20ClN3. The molecule has 2 aromatic heterocycles. The number of benzene rings is 5. The first-order valence-electron chi connectivity index (χ1n) is 11.9. The van der Waals surface area contributed by atoms with Crippen molar-refractivity contribution in [2.75, 3.05) is 0 Å². The Morgan fingerprint density at radius 2 is 1.19 bits per heavy atom. The maximum atomic E-state index is 6.74. The number of fused-ring (bicyclic) bond motifs is 4. The molecule has 0 aliphatic carbocycles. The lowest BCUT2D eigenvalue weighted by Crippen LogP contribution is -1.95. The molecule has 0 radical (unpaired) electrons. The van der Waals surface area contributed by atoms with Gasteiger partial charge in [-0.05, 0) is 47.5 Å². The summed E-state index contributed by atoms with van der Waals surface area (Å²) in [6.45, 7) is 0.